The number of carbonyl (C=O) groups is 2. The number of rotatable bonds is 5. The monoisotopic (exact) mass is 380 g/mol. The van der Waals surface area contributed by atoms with Gasteiger partial charge in [-0.1, -0.05) is 30.3 Å². The summed E-state index contributed by atoms with van der Waals surface area (Å²) in [7, 11) is 0. The van der Waals surface area contributed by atoms with Crippen LogP contribution in [-0.2, 0) is 11.3 Å². The molecule has 0 saturated heterocycles. The molecule has 4 rings (SSSR count). The van der Waals surface area contributed by atoms with E-state index in [1.165, 1.54) is 23.5 Å². The van der Waals surface area contributed by atoms with Crippen LogP contribution in [-0.4, -0.2) is 16.7 Å². The van der Waals surface area contributed by atoms with Crippen molar-refractivity contribution in [2.24, 2.45) is 0 Å². The quantitative estimate of drug-likeness (QED) is 0.703. The van der Waals surface area contributed by atoms with E-state index in [1.54, 1.807) is 17.0 Å². The molecule has 1 N–H and O–H groups in total. The Morgan fingerprint density at radius 1 is 1.15 bits per heavy atom. The first kappa shape index (κ1) is 17.4. The maximum atomic E-state index is 13.3. The van der Waals surface area contributed by atoms with Gasteiger partial charge in [0.1, 0.15) is 5.82 Å². The highest BCUT2D eigenvalue weighted by Crippen LogP contribution is 2.35. The standard InChI is InChI=1S/C21H17FN2O2S/c22-15-6-3-7-16(11-15)23-20(25)12-18(19-9-4-10-27-19)24-13-14-5-1-2-8-17(14)21(24)26/h1-11,18H,12-13H2,(H,23,25)/t18-/m1/s1. The van der Waals surface area contributed by atoms with Gasteiger partial charge in [0.05, 0.1) is 12.5 Å². The molecule has 2 heterocycles. The summed E-state index contributed by atoms with van der Waals surface area (Å²) >= 11 is 1.52. The van der Waals surface area contributed by atoms with E-state index in [1.807, 2.05) is 41.8 Å². The van der Waals surface area contributed by atoms with Crippen LogP contribution in [0.15, 0.2) is 66.0 Å². The Kier molecular flexibility index (Phi) is 4.73. The van der Waals surface area contributed by atoms with Gasteiger partial charge in [-0.05, 0) is 41.3 Å². The average Bonchev–Trinajstić information content (AvgIpc) is 3.29. The number of amides is 2. The fraction of sp³-hybridized carbons (Fsp3) is 0.143. The zero-order chi connectivity index (χ0) is 18.8. The van der Waals surface area contributed by atoms with Crippen LogP contribution in [0, 0.1) is 5.82 Å². The van der Waals surface area contributed by atoms with Crippen molar-refractivity contribution in [3.8, 4) is 0 Å². The molecule has 0 radical (unpaired) electrons. The predicted molar refractivity (Wildman–Crippen MR) is 103 cm³/mol. The molecule has 2 aromatic carbocycles. The summed E-state index contributed by atoms with van der Waals surface area (Å²) in [5.74, 6) is -0.738. The third-order valence-corrected chi connectivity index (χ3v) is 5.56. The Morgan fingerprint density at radius 3 is 2.74 bits per heavy atom. The molecule has 0 bridgehead atoms. The molecule has 136 valence electrons. The van der Waals surface area contributed by atoms with Gasteiger partial charge in [-0.15, -0.1) is 11.3 Å². The third kappa shape index (κ3) is 3.61. The molecule has 0 saturated carbocycles. The second-order valence-corrected chi connectivity index (χ2v) is 7.36. The maximum Gasteiger partial charge on any atom is 0.255 e. The molecule has 0 spiro atoms. The molecule has 0 aliphatic carbocycles. The van der Waals surface area contributed by atoms with Gasteiger partial charge in [0.25, 0.3) is 5.91 Å². The summed E-state index contributed by atoms with van der Waals surface area (Å²) < 4.78 is 13.3. The number of nitrogens with zero attached hydrogens (tertiary/aromatic N) is 1. The van der Waals surface area contributed by atoms with Crippen LogP contribution >= 0.6 is 11.3 Å². The maximum absolute atomic E-state index is 13.3. The number of halogens is 1. The van der Waals surface area contributed by atoms with Gasteiger partial charge < -0.3 is 10.2 Å². The Bertz CT molecular complexity index is 987. The van der Waals surface area contributed by atoms with Crippen LogP contribution < -0.4 is 5.32 Å². The molecule has 1 atom stereocenters. The predicted octanol–water partition coefficient (Wildman–Crippen LogP) is 4.61. The first-order valence-corrected chi connectivity index (χ1v) is 9.47. The minimum Gasteiger partial charge on any atom is -0.326 e. The van der Waals surface area contributed by atoms with Crippen LogP contribution in [0.25, 0.3) is 0 Å². The van der Waals surface area contributed by atoms with E-state index in [0.29, 0.717) is 17.8 Å². The molecule has 3 aromatic rings. The number of hydrogen-bond acceptors (Lipinski definition) is 3. The van der Waals surface area contributed by atoms with E-state index in [2.05, 4.69) is 5.32 Å². The summed E-state index contributed by atoms with van der Waals surface area (Å²) in [6.45, 7) is 0.477. The summed E-state index contributed by atoms with van der Waals surface area (Å²) in [6.07, 6.45) is 0.108. The largest absolute Gasteiger partial charge is 0.326 e. The van der Waals surface area contributed by atoms with Gasteiger partial charge >= 0.3 is 0 Å². The fourth-order valence-electron chi connectivity index (χ4n) is 3.33. The van der Waals surface area contributed by atoms with Crippen molar-refractivity contribution in [3.05, 3.63) is 87.9 Å². The van der Waals surface area contributed by atoms with Crippen molar-refractivity contribution in [2.45, 2.75) is 19.0 Å². The molecule has 2 amide bonds. The second-order valence-electron chi connectivity index (χ2n) is 6.38. The van der Waals surface area contributed by atoms with Crippen LogP contribution in [0.2, 0.25) is 0 Å². The Balaban J connectivity index is 1.56. The number of fused-ring (bicyclic) bond motifs is 1. The molecule has 6 heteroatoms. The summed E-state index contributed by atoms with van der Waals surface area (Å²) in [6, 6.07) is 16.8. The lowest BCUT2D eigenvalue weighted by atomic mass is 10.1. The molecular weight excluding hydrogens is 363 g/mol. The summed E-state index contributed by atoms with van der Waals surface area (Å²) in [5, 5.41) is 4.65. The lowest BCUT2D eigenvalue weighted by Crippen LogP contribution is -2.31. The molecule has 1 aliphatic heterocycles. The van der Waals surface area contributed by atoms with Gasteiger partial charge in [-0.3, -0.25) is 9.59 Å². The minimum atomic E-state index is -0.409. The van der Waals surface area contributed by atoms with E-state index in [4.69, 9.17) is 0 Å². The Hall–Kier alpha value is -2.99. The van der Waals surface area contributed by atoms with Crippen molar-refractivity contribution in [2.75, 3.05) is 5.32 Å². The summed E-state index contributed by atoms with van der Waals surface area (Å²) in [4.78, 5) is 28.2. The van der Waals surface area contributed by atoms with Crippen molar-refractivity contribution < 1.29 is 14.0 Å². The number of hydrogen-bond donors (Lipinski definition) is 1. The number of anilines is 1. The van der Waals surface area contributed by atoms with Crippen LogP contribution in [0.5, 0.6) is 0 Å². The molecule has 1 aliphatic rings. The lowest BCUT2D eigenvalue weighted by Gasteiger charge is -2.26. The topological polar surface area (TPSA) is 49.4 Å². The average molecular weight is 380 g/mol. The first-order chi connectivity index (χ1) is 13.1. The zero-order valence-electron chi connectivity index (χ0n) is 14.4. The van der Waals surface area contributed by atoms with Gasteiger partial charge in [0, 0.05) is 22.7 Å². The Labute approximate surface area is 160 Å². The molecule has 4 nitrogen and oxygen atoms in total. The van der Waals surface area contributed by atoms with Crippen molar-refractivity contribution in [1.29, 1.82) is 0 Å². The third-order valence-electron chi connectivity index (χ3n) is 4.58. The zero-order valence-corrected chi connectivity index (χ0v) is 15.2. The van der Waals surface area contributed by atoms with Crippen molar-refractivity contribution >= 4 is 28.8 Å². The van der Waals surface area contributed by atoms with Crippen LogP contribution in [0.1, 0.15) is 33.3 Å². The van der Waals surface area contributed by atoms with E-state index in [-0.39, 0.29) is 24.3 Å². The normalized spacial score (nSPS) is 14.1. The fourth-order valence-corrected chi connectivity index (χ4v) is 4.17. The van der Waals surface area contributed by atoms with Gasteiger partial charge in [0.2, 0.25) is 5.91 Å². The first-order valence-electron chi connectivity index (χ1n) is 8.59. The number of nitrogens with one attached hydrogen (secondary N) is 1. The highest BCUT2D eigenvalue weighted by Gasteiger charge is 2.34. The van der Waals surface area contributed by atoms with Crippen LogP contribution in [0.3, 0.4) is 0 Å². The number of thiophene rings is 1. The van der Waals surface area contributed by atoms with Crippen molar-refractivity contribution in [3.63, 3.8) is 0 Å². The highest BCUT2D eigenvalue weighted by atomic mass is 32.1. The lowest BCUT2D eigenvalue weighted by molar-refractivity contribution is -0.117. The highest BCUT2D eigenvalue weighted by molar-refractivity contribution is 7.10. The molecule has 0 fully saturated rings. The number of benzene rings is 2. The second kappa shape index (κ2) is 7.32. The summed E-state index contributed by atoms with van der Waals surface area (Å²) in [5.41, 5.74) is 2.06. The Morgan fingerprint density at radius 2 is 2.00 bits per heavy atom. The van der Waals surface area contributed by atoms with E-state index in [9.17, 15) is 14.0 Å². The van der Waals surface area contributed by atoms with E-state index in [0.717, 1.165) is 10.4 Å². The van der Waals surface area contributed by atoms with Crippen LogP contribution in [0.4, 0.5) is 10.1 Å². The van der Waals surface area contributed by atoms with Gasteiger partial charge in [0.15, 0.2) is 0 Å². The smallest absolute Gasteiger partial charge is 0.255 e. The molecular formula is C21H17FN2O2S. The van der Waals surface area contributed by atoms with E-state index >= 15 is 0 Å². The molecule has 0 unspecified atom stereocenters. The molecule has 1 aromatic heterocycles. The number of carbonyl (C=O) groups excluding carboxylic acids is 2. The van der Waals surface area contributed by atoms with Crippen molar-refractivity contribution in [1.82, 2.24) is 4.90 Å². The minimum absolute atomic E-state index is 0.0671. The van der Waals surface area contributed by atoms with Gasteiger partial charge in [-0.2, -0.15) is 0 Å². The van der Waals surface area contributed by atoms with E-state index < -0.39 is 5.82 Å². The molecule has 27 heavy (non-hydrogen) atoms. The van der Waals surface area contributed by atoms with Gasteiger partial charge in [-0.25, -0.2) is 4.39 Å². The SMILES string of the molecule is O=C(C[C@H](c1cccs1)N1Cc2ccccc2C1=O)Nc1cccc(F)c1.